The summed E-state index contributed by atoms with van der Waals surface area (Å²) < 4.78 is 0. The van der Waals surface area contributed by atoms with Crippen molar-refractivity contribution in [3.63, 3.8) is 0 Å². The molecule has 0 saturated carbocycles. The van der Waals surface area contributed by atoms with Crippen molar-refractivity contribution in [3.8, 4) is 0 Å². The average Bonchev–Trinajstić information content (AvgIpc) is 3.24. The molecule has 2 amide bonds. The third-order valence-corrected chi connectivity index (χ3v) is 8.00. The van der Waals surface area contributed by atoms with Gasteiger partial charge in [-0.2, -0.15) is 0 Å². The molecule has 4 rings (SSSR count). The van der Waals surface area contributed by atoms with Gasteiger partial charge in [0.15, 0.2) is 0 Å². The highest BCUT2D eigenvalue weighted by atomic mass is 16.2. The predicted molar refractivity (Wildman–Crippen MR) is 110 cm³/mol. The van der Waals surface area contributed by atoms with Crippen LogP contribution in [0.5, 0.6) is 0 Å². The summed E-state index contributed by atoms with van der Waals surface area (Å²) in [4.78, 5) is 31.7. The Labute approximate surface area is 170 Å². The molecule has 6 nitrogen and oxygen atoms in total. The van der Waals surface area contributed by atoms with Gasteiger partial charge < -0.3 is 20.0 Å². The summed E-state index contributed by atoms with van der Waals surface area (Å²) in [6, 6.07) is 0. The van der Waals surface area contributed by atoms with Crippen LogP contribution in [-0.4, -0.2) is 85.9 Å². The Hall–Kier alpha value is -1.14. The number of hydrogen-bond acceptors (Lipinski definition) is 4. The Morgan fingerprint density at radius 3 is 1.79 bits per heavy atom. The first kappa shape index (κ1) is 20.1. The van der Waals surface area contributed by atoms with E-state index in [-0.39, 0.29) is 11.8 Å². The van der Waals surface area contributed by atoms with Gasteiger partial charge in [0, 0.05) is 26.2 Å². The van der Waals surface area contributed by atoms with E-state index in [1.165, 1.54) is 38.8 Å². The predicted octanol–water partition coefficient (Wildman–Crippen LogP) is 1.41. The number of likely N-dealkylation sites (tertiary alicyclic amines) is 3. The summed E-state index contributed by atoms with van der Waals surface area (Å²) in [6.45, 7) is 7.71. The van der Waals surface area contributed by atoms with Gasteiger partial charge >= 0.3 is 11.8 Å². The monoisotopic (exact) mass is 390 g/mol. The average molecular weight is 391 g/mol. The lowest BCUT2D eigenvalue weighted by Gasteiger charge is -2.38. The first-order valence-electron chi connectivity index (χ1n) is 11.6. The molecule has 4 aliphatic heterocycles. The summed E-state index contributed by atoms with van der Waals surface area (Å²) >= 11 is 0. The Morgan fingerprint density at radius 1 is 0.643 bits per heavy atom. The highest BCUT2D eigenvalue weighted by molar-refractivity contribution is 6.35. The second kappa shape index (κ2) is 9.12. The first-order chi connectivity index (χ1) is 13.6. The molecule has 0 aromatic heterocycles. The van der Waals surface area contributed by atoms with Crippen LogP contribution in [0.15, 0.2) is 0 Å². The molecule has 4 saturated heterocycles. The Bertz CT molecular complexity index is 547. The molecule has 1 atom stereocenters. The van der Waals surface area contributed by atoms with Crippen LogP contribution >= 0.6 is 0 Å². The third kappa shape index (κ3) is 4.54. The fourth-order valence-electron chi connectivity index (χ4n) is 6.02. The lowest BCUT2D eigenvalue weighted by Crippen LogP contribution is -2.48. The van der Waals surface area contributed by atoms with Crippen LogP contribution in [0, 0.1) is 23.7 Å². The van der Waals surface area contributed by atoms with Crippen LogP contribution in [-0.2, 0) is 9.59 Å². The molecular formula is C22H38N4O2. The molecule has 28 heavy (non-hydrogen) atoms. The van der Waals surface area contributed by atoms with Crippen molar-refractivity contribution in [1.82, 2.24) is 20.0 Å². The van der Waals surface area contributed by atoms with Crippen LogP contribution in [0.4, 0.5) is 0 Å². The molecule has 6 heteroatoms. The first-order valence-corrected chi connectivity index (χ1v) is 11.6. The number of rotatable bonds is 2. The molecule has 0 aromatic rings. The van der Waals surface area contributed by atoms with Crippen molar-refractivity contribution in [2.75, 3.05) is 59.4 Å². The number of nitrogens with one attached hydrogen (secondary N) is 1. The number of hydrogen-bond donors (Lipinski definition) is 1. The van der Waals surface area contributed by atoms with Crippen LogP contribution in [0.1, 0.15) is 44.9 Å². The van der Waals surface area contributed by atoms with Gasteiger partial charge in [-0.3, -0.25) is 9.59 Å². The van der Waals surface area contributed by atoms with Crippen molar-refractivity contribution in [1.29, 1.82) is 0 Å². The van der Waals surface area contributed by atoms with Crippen molar-refractivity contribution in [3.05, 3.63) is 0 Å². The van der Waals surface area contributed by atoms with E-state index in [2.05, 4.69) is 17.3 Å². The highest BCUT2D eigenvalue weighted by Crippen LogP contribution is 2.33. The van der Waals surface area contributed by atoms with E-state index in [9.17, 15) is 9.59 Å². The van der Waals surface area contributed by atoms with E-state index in [1.54, 1.807) is 0 Å². The summed E-state index contributed by atoms with van der Waals surface area (Å²) in [7, 11) is 2.19. The van der Waals surface area contributed by atoms with E-state index in [4.69, 9.17) is 0 Å². The Balaban J connectivity index is 1.23. The fourth-order valence-corrected chi connectivity index (χ4v) is 6.02. The van der Waals surface area contributed by atoms with E-state index in [0.717, 1.165) is 76.3 Å². The molecular weight excluding hydrogens is 352 g/mol. The van der Waals surface area contributed by atoms with E-state index < -0.39 is 0 Å². The maximum absolute atomic E-state index is 12.8. The van der Waals surface area contributed by atoms with Crippen LogP contribution in [0.25, 0.3) is 0 Å². The maximum atomic E-state index is 12.8. The molecule has 0 radical (unpaired) electrons. The Morgan fingerprint density at radius 2 is 1.11 bits per heavy atom. The molecule has 1 N–H and O–H groups in total. The zero-order valence-corrected chi connectivity index (χ0v) is 17.6. The minimum atomic E-state index is -0.243. The zero-order chi connectivity index (χ0) is 19.5. The number of carbonyl (C=O) groups is 2. The van der Waals surface area contributed by atoms with E-state index in [0.29, 0.717) is 5.92 Å². The molecule has 4 aliphatic rings. The van der Waals surface area contributed by atoms with Gasteiger partial charge in [-0.15, -0.1) is 0 Å². The smallest absolute Gasteiger partial charge is 0.312 e. The number of piperidine rings is 3. The third-order valence-electron chi connectivity index (χ3n) is 8.00. The van der Waals surface area contributed by atoms with Gasteiger partial charge in [-0.05, 0) is 102 Å². The van der Waals surface area contributed by atoms with Crippen LogP contribution in [0.2, 0.25) is 0 Å². The largest absolute Gasteiger partial charge is 0.334 e. The molecule has 4 fully saturated rings. The van der Waals surface area contributed by atoms with Gasteiger partial charge in [-0.1, -0.05) is 0 Å². The second-order valence-electron chi connectivity index (χ2n) is 9.66. The molecule has 0 spiro atoms. The summed E-state index contributed by atoms with van der Waals surface area (Å²) in [5.41, 5.74) is 0. The number of nitrogens with zero attached hydrogens (tertiary/aromatic N) is 3. The molecule has 4 heterocycles. The van der Waals surface area contributed by atoms with E-state index in [1.807, 2.05) is 9.80 Å². The summed E-state index contributed by atoms with van der Waals surface area (Å²) in [5.74, 6) is 2.38. The van der Waals surface area contributed by atoms with Gasteiger partial charge in [0.2, 0.25) is 0 Å². The normalized spacial score (nSPS) is 29.4. The van der Waals surface area contributed by atoms with Crippen molar-refractivity contribution < 1.29 is 9.59 Å². The van der Waals surface area contributed by atoms with Gasteiger partial charge in [0.1, 0.15) is 0 Å². The van der Waals surface area contributed by atoms with Gasteiger partial charge in [-0.25, -0.2) is 0 Å². The summed E-state index contributed by atoms with van der Waals surface area (Å²) in [6.07, 6.45) is 8.23. The number of carbonyl (C=O) groups excluding carboxylic acids is 2. The zero-order valence-electron chi connectivity index (χ0n) is 17.6. The number of amides is 2. The molecule has 0 aliphatic carbocycles. The van der Waals surface area contributed by atoms with Crippen LogP contribution < -0.4 is 5.32 Å². The maximum Gasteiger partial charge on any atom is 0.312 e. The fraction of sp³-hybridized carbons (Fsp3) is 0.909. The van der Waals surface area contributed by atoms with Crippen molar-refractivity contribution in [2.45, 2.75) is 44.9 Å². The topological polar surface area (TPSA) is 55.9 Å². The Kier molecular flexibility index (Phi) is 6.56. The molecule has 0 bridgehead atoms. The van der Waals surface area contributed by atoms with E-state index >= 15 is 0 Å². The minimum absolute atomic E-state index is 0.240. The van der Waals surface area contributed by atoms with Crippen molar-refractivity contribution in [2.24, 2.45) is 23.7 Å². The SMILES string of the molecule is CN1CCC(C2CCN(C(=O)C(=O)N3CCC(C4CCNCC4)CC3)C2)CC1. The minimum Gasteiger partial charge on any atom is -0.334 e. The quantitative estimate of drug-likeness (QED) is 0.725. The summed E-state index contributed by atoms with van der Waals surface area (Å²) in [5, 5.41) is 3.44. The lowest BCUT2D eigenvalue weighted by molar-refractivity contribution is -0.152. The molecule has 158 valence electrons. The second-order valence-corrected chi connectivity index (χ2v) is 9.66. The highest BCUT2D eigenvalue weighted by Gasteiger charge is 2.37. The molecule has 1 unspecified atom stereocenters. The van der Waals surface area contributed by atoms with Gasteiger partial charge in [0.05, 0.1) is 0 Å². The van der Waals surface area contributed by atoms with Crippen LogP contribution in [0.3, 0.4) is 0 Å². The van der Waals surface area contributed by atoms with Crippen molar-refractivity contribution >= 4 is 11.8 Å². The van der Waals surface area contributed by atoms with Gasteiger partial charge in [0.25, 0.3) is 0 Å². The lowest BCUT2D eigenvalue weighted by atomic mass is 9.79. The molecule has 0 aromatic carbocycles. The standard InChI is InChI=1S/C22H38N4O2/c1-24-11-4-19(5-12-24)20-8-15-26(16-20)22(28)21(27)25-13-6-18(7-14-25)17-2-9-23-10-3-17/h17-20,23H,2-16H2,1H3.